The van der Waals surface area contributed by atoms with Crippen molar-refractivity contribution >= 4 is 18.3 Å². The Balaban J connectivity index is 0.00000256. The Morgan fingerprint density at radius 2 is 1.63 bits per heavy atom. The molecule has 0 spiro atoms. The van der Waals surface area contributed by atoms with E-state index in [1.165, 1.54) is 38.5 Å². The van der Waals surface area contributed by atoms with Gasteiger partial charge in [-0.1, -0.05) is 0 Å². The molecule has 0 radical (unpaired) electrons. The summed E-state index contributed by atoms with van der Waals surface area (Å²) < 4.78 is 6.10. The van der Waals surface area contributed by atoms with Crippen LogP contribution in [0.4, 0.5) is 0 Å². The van der Waals surface area contributed by atoms with E-state index in [2.05, 4.69) is 10.6 Å². The molecule has 0 aromatic rings. The number of ether oxygens (including phenoxy) is 1. The average Bonchev–Trinajstić information content (AvgIpc) is 2.97. The lowest BCUT2D eigenvalue weighted by Gasteiger charge is -2.56. The molecule has 5 N–H and O–H groups in total. The van der Waals surface area contributed by atoms with E-state index in [0.717, 1.165) is 50.2 Å². The van der Waals surface area contributed by atoms with Gasteiger partial charge in [-0.2, -0.15) is 0 Å². The van der Waals surface area contributed by atoms with Gasteiger partial charge < -0.3 is 25.4 Å². The number of hydrogen-bond donors (Lipinski definition) is 5. The van der Waals surface area contributed by atoms with Crippen molar-refractivity contribution in [3.05, 3.63) is 0 Å². The molecule has 1 aliphatic heterocycles. The van der Waals surface area contributed by atoms with Crippen LogP contribution >= 0.6 is 12.4 Å². The largest absolute Gasteiger partial charge is 0.395 e. The molecular formula is C22H39ClN2O5. The zero-order valence-corrected chi connectivity index (χ0v) is 18.6. The van der Waals surface area contributed by atoms with Crippen LogP contribution in [0.2, 0.25) is 0 Å². The van der Waals surface area contributed by atoms with Gasteiger partial charge in [0, 0.05) is 13.2 Å². The van der Waals surface area contributed by atoms with Crippen molar-refractivity contribution in [1.82, 2.24) is 10.6 Å². The zero-order valence-electron chi connectivity index (χ0n) is 17.8. The Labute approximate surface area is 185 Å². The fourth-order valence-corrected chi connectivity index (χ4v) is 6.84. The first-order chi connectivity index (χ1) is 14.0. The first-order valence-corrected chi connectivity index (χ1v) is 11.6. The SMILES string of the molecule is Cl.O=C(NCCCCCOCC12CC3CC(CC(C3)C1)C2)[C@H]1N[C@@H](CO)[C@H](O)[C@H]1O. The monoisotopic (exact) mass is 446 g/mol. The highest BCUT2D eigenvalue weighted by molar-refractivity contribution is 5.85. The van der Waals surface area contributed by atoms with Crippen LogP contribution in [-0.2, 0) is 9.53 Å². The summed E-state index contributed by atoms with van der Waals surface area (Å²) in [5, 5.41) is 34.4. The predicted molar refractivity (Wildman–Crippen MR) is 115 cm³/mol. The number of halogens is 1. The van der Waals surface area contributed by atoms with E-state index >= 15 is 0 Å². The van der Waals surface area contributed by atoms with Crippen LogP contribution in [0.1, 0.15) is 57.8 Å². The lowest BCUT2D eigenvalue weighted by Crippen LogP contribution is -2.48. The van der Waals surface area contributed by atoms with Crippen molar-refractivity contribution in [1.29, 1.82) is 0 Å². The molecule has 0 aromatic carbocycles. The van der Waals surface area contributed by atoms with Crippen LogP contribution in [0.25, 0.3) is 0 Å². The molecule has 8 heteroatoms. The van der Waals surface area contributed by atoms with Gasteiger partial charge in [-0.15, -0.1) is 12.4 Å². The number of carbonyl (C=O) groups excluding carboxylic acids is 1. The van der Waals surface area contributed by atoms with Crippen LogP contribution in [-0.4, -0.2) is 71.9 Å². The summed E-state index contributed by atoms with van der Waals surface area (Å²) in [6.45, 7) is 1.96. The van der Waals surface area contributed by atoms with Crippen LogP contribution in [0, 0.1) is 23.2 Å². The third-order valence-electron chi connectivity index (χ3n) is 7.81. The van der Waals surface area contributed by atoms with Crippen molar-refractivity contribution in [2.75, 3.05) is 26.4 Å². The second-order valence-corrected chi connectivity index (χ2v) is 10.2. The van der Waals surface area contributed by atoms with Crippen molar-refractivity contribution in [2.24, 2.45) is 23.2 Å². The number of rotatable bonds is 10. The lowest BCUT2D eigenvalue weighted by molar-refractivity contribution is -0.125. The van der Waals surface area contributed by atoms with Crippen molar-refractivity contribution < 1.29 is 24.9 Å². The molecule has 5 fully saturated rings. The van der Waals surface area contributed by atoms with Crippen LogP contribution in [0.15, 0.2) is 0 Å². The van der Waals surface area contributed by atoms with Crippen LogP contribution in [0.5, 0.6) is 0 Å². The molecule has 4 aliphatic carbocycles. The Bertz CT molecular complexity index is 542. The minimum absolute atomic E-state index is 0. The quantitative estimate of drug-likeness (QED) is 0.320. The molecule has 0 unspecified atom stereocenters. The van der Waals surface area contributed by atoms with Gasteiger partial charge in [-0.25, -0.2) is 0 Å². The standard InChI is InChI=1S/C22H38N2O5.ClH/c25-12-17-19(26)20(27)18(24-17)21(28)23-4-2-1-3-5-29-13-22-9-14-6-15(10-22)8-16(7-14)11-22;/h14-20,24-27H,1-13H2,(H,23,28);1H/t14?,15?,16?,17-,18-,19-,20-,22?;/m0./s1. The predicted octanol–water partition coefficient (Wildman–Crippen LogP) is 0.982. The molecule has 1 heterocycles. The third-order valence-corrected chi connectivity index (χ3v) is 7.81. The van der Waals surface area contributed by atoms with Gasteiger partial charge in [0.25, 0.3) is 0 Å². The fraction of sp³-hybridized carbons (Fsp3) is 0.955. The van der Waals surface area contributed by atoms with Gasteiger partial charge in [-0.3, -0.25) is 10.1 Å². The van der Waals surface area contributed by atoms with Crippen molar-refractivity contribution in [2.45, 2.75) is 82.1 Å². The third kappa shape index (κ3) is 5.30. The minimum atomic E-state index is -1.19. The van der Waals surface area contributed by atoms with Gasteiger partial charge in [0.15, 0.2) is 0 Å². The molecule has 5 aliphatic rings. The maximum Gasteiger partial charge on any atom is 0.239 e. The Hall–Kier alpha value is -0.440. The topological polar surface area (TPSA) is 111 Å². The first kappa shape index (κ1) is 24.2. The van der Waals surface area contributed by atoms with Gasteiger partial charge in [0.05, 0.1) is 25.4 Å². The summed E-state index contributed by atoms with van der Waals surface area (Å²) in [4.78, 5) is 12.2. The fourth-order valence-electron chi connectivity index (χ4n) is 6.84. The first-order valence-electron chi connectivity index (χ1n) is 11.6. The second kappa shape index (κ2) is 10.5. The smallest absolute Gasteiger partial charge is 0.239 e. The van der Waals surface area contributed by atoms with Gasteiger partial charge in [0.1, 0.15) is 12.1 Å². The van der Waals surface area contributed by atoms with Crippen molar-refractivity contribution in [3.63, 3.8) is 0 Å². The van der Waals surface area contributed by atoms with Gasteiger partial charge >= 0.3 is 0 Å². The Morgan fingerprint density at radius 3 is 2.20 bits per heavy atom. The lowest BCUT2D eigenvalue weighted by atomic mass is 9.50. The number of hydrogen-bond acceptors (Lipinski definition) is 6. The minimum Gasteiger partial charge on any atom is -0.395 e. The Kier molecular flexibility index (Phi) is 8.43. The molecular weight excluding hydrogens is 408 g/mol. The zero-order chi connectivity index (χ0) is 20.4. The highest BCUT2D eigenvalue weighted by Gasteiger charge is 2.50. The van der Waals surface area contributed by atoms with E-state index in [9.17, 15) is 15.0 Å². The molecule has 7 nitrogen and oxygen atoms in total. The number of amides is 1. The molecule has 174 valence electrons. The molecule has 0 aromatic heterocycles. The summed E-state index contributed by atoms with van der Waals surface area (Å²) in [5.41, 5.74) is 0.481. The molecule has 4 atom stereocenters. The molecule has 1 saturated heterocycles. The molecule has 4 bridgehead atoms. The maximum absolute atomic E-state index is 12.2. The highest BCUT2D eigenvalue weighted by Crippen LogP contribution is 2.60. The number of carbonyl (C=O) groups is 1. The summed E-state index contributed by atoms with van der Waals surface area (Å²) in [7, 11) is 0. The average molecular weight is 447 g/mol. The van der Waals surface area contributed by atoms with E-state index < -0.39 is 24.3 Å². The Morgan fingerprint density at radius 1 is 1.00 bits per heavy atom. The molecule has 30 heavy (non-hydrogen) atoms. The number of unbranched alkanes of at least 4 members (excludes halogenated alkanes) is 2. The summed E-state index contributed by atoms with van der Waals surface area (Å²) in [6, 6.07) is -1.53. The van der Waals surface area contributed by atoms with E-state index in [4.69, 9.17) is 9.84 Å². The number of aliphatic hydroxyl groups is 3. The van der Waals surface area contributed by atoms with Crippen LogP contribution in [0.3, 0.4) is 0 Å². The van der Waals surface area contributed by atoms with E-state index in [1.54, 1.807) is 0 Å². The molecule has 4 saturated carbocycles. The maximum atomic E-state index is 12.2. The van der Waals surface area contributed by atoms with E-state index in [-0.39, 0.29) is 24.9 Å². The summed E-state index contributed by atoms with van der Waals surface area (Å²) in [5.74, 6) is 2.57. The van der Waals surface area contributed by atoms with E-state index in [1.807, 2.05) is 0 Å². The highest BCUT2D eigenvalue weighted by atomic mass is 35.5. The summed E-state index contributed by atoms with van der Waals surface area (Å²) >= 11 is 0. The van der Waals surface area contributed by atoms with Gasteiger partial charge in [0.2, 0.25) is 5.91 Å². The second-order valence-electron chi connectivity index (χ2n) is 10.2. The van der Waals surface area contributed by atoms with Crippen molar-refractivity contribution in [3.8, 4) is 0 Å². The molecule has 5 rings (SSSR count). The normalized spacial score (nSPS) is 41.6. The van der Waals surface area contributed by atoms with Crippen LogP contribution < -0.4 is 10.6 Å². The molecule has 1 amide bonds. The van der Waals surface area contributed by atoms with E-state index in [0.29, 0.717) is 12.0 Å². The van der Waals surface area contributed by atoms with Gasteiger partial charge in [-0.05, 0) is 81.0 Å². The number of aliphatic hydroxyl groups excluding tert-OH is 3. The number of nitrogens with one attached hydrogen (secondary N) is 2. The summed E-state index contributed by atoms with van der Waals surface area (Å²) in [6.07, 6.45) is 9.11.